The highest BCUT2D eigenvalue weighted by atomic mass is 16.4. The molecule has 0 radical (unpaired) electrons. The van der Waals surface area contributed by atoms with Gasteiger partial charge in [0.25, 0.3) is 5.72 Å². The highest BCUT2D eigenvalue weighted by Gasteiger charge is 2.20. The van der Waals surface area contributed by atoms with Crippen molar-refractivity contribution in [1.29, 1.82) is 27.4 Å². The van der Waals surface area contributed by atoms with Crippen LogP contribution in [0.15, 0.2) is 0 Å². The second-order valence-electron chi connectivity index (χ2n) is 7.16. The van der Waals surface area contributed by atoms with Crippen LogP contribution in [0.1, 0.15) is 27.7 Å². The van der Waals surface area contributed by atoms with Gasteiger partial charge in [-0.15, -0.1) is 0 Å². The van der Waals surface area contributed by atoms with Crippen molar-refractivity contribution in [2.24, 2.45) is 23.7 Å². The lowest BCUT2D eigenvalue weighted by molar-refractivity contribution is -0.148. The molecule has 208 valence electrons. The minimum absolute atomic E-state index is 0.599. The Bertz CT molecular complexity index is 683. The summed E-state index contributed by atoms with van der Waals surface area (Å²) in [7, 11) is 0. The van der Waals surface area contributed by atoms with Gasteiger partial charge in [0.1, 0.15) is 0 Å². The fourth-order valence-corrected chi connectivity index (χ4v) is 1.22. The van der Waals surface area contributed by atoms with Gasteiger partial charge in [-0.25, -0.2) is 19.2 Å². The standard InChI is InChI=1S/4C5H9NO3/c4*1-3(2-6)4(7)5(8)9/h4*2-4,6-7H,1H3,(H,8,9)/i/hT4. The third-order valence-electron chi connectivity index (χ3n) is 4.01. The molecule has 0 rings (SSSR count). The number of rotatable bonds is 12. The molecule has 16 heteroatoms. The van der Waals surface area contributed by atoms with Crippen molar-refractivity contribution in [3.05, 3.63) is 0 Å². The van der Waals surface area contributed by atoms with E-state index in [0.717, 1.165) is 24.9 Å². The van der Waals surface area contributed by atoms with Gasteiger partial charge in [-0.1, -0.05) is 27.7 Å². The van der Waals surface area contributed by atoms with Crippen LogP contribution in [0, 0.1) is 45.3 Å². The summed E-state index contributed by atoms with van der Waals surface area (Å²) in [5.74, 6) is -6.52. The van der Waals surface area contributed by atoms with Gasteiger partial charge in [-0.3, -0.25) is 0 Å². The van der Waals surface area contributed by atoms with Gasteiger partial charge >= 0.3 is 23.9 Å². The highest BCUT2D eigenvalue weighted by Crippen LogP contribution is 1.99. The Morgan fingerprint density at radius 2 is 0.639 bits per heavy atom. The van der Waals surface area contributed by atoms with Gasteiger partial charge in [0.05, 0.1) is 0 Å². The zero-order valence-electron chi connectivity index (χ0n) is 24.0. The first kappa shape index (κ1) is 30.4. The van der Waals surface area contributed by atoms with Crippen LogP contribution in [-0.4, -0.2) is 114 Å². The van der Waals surface area contributed by atoms with Crippen molar-refractivity contribution in [2.75, 3.05) is 0 Å². The van der Waals surface area contributed by atoms with E-state index >= 15 is 0 Å². The lowest BCUT2D eigenvalue weighted by Crippen LogP contribution is -2.27. The van der Waals surface area contributed by atoms with Gasteiger partial charge in [0.2, 0.25) is 0 Å². The predicted octanol–water partition coefficient (Wildman–Crippen LogP) is -1.13. The van der Waals surface area contributed by atoms with Crippen LogP contribution >= 0.6 is 0 Å². The van der Waals surface area contributed by atoms with E-state index in [1.54, 1.807) is 0 Å². The highest BCUT2D eigenvalue weighted by molar-refractivity contribution is 5.78. The van der Waals surface area contributed by atoms with E-state index in [-0.39, 0.29) is 0 Å². The maximum atomic E-state index is 10.3. The molecule has 0 saturated heterocycles. The second kappa shape index (κ2) is 21.9. The summed E-state index contributed by atoms with van der Waals surface area (Å²) in [6.07, 6.45) is -1.90. The van der Waals surface area contributed by atoms with Crippen LogP contribution in [0.25, 0.3) is 5.72 Å². The topological polar surface area (TPSA) is 326 Å². The Kier molecular flexibility index (Phi) is 18.5. The van der Waals surface area contributed by atoms with E-state index in [9.17, 15) is 19.2 Å². The molecule has 8 atom stereocenters. The van der Waals surface area contributed by atoms with Crippen molar-refractivity contribution in [3.63, 3.8) is 0 Å². The molecule has 0 bridgehead atoms. The number of carbonyl (C=O) groups is 4. The van der Waals surface area contributed by atoms with E-state index in [1.807, 2.05) is 0 Å². The summed E-state index contributed by atoms with van der Waals surface area (Å²) in [4.78, 5) is 41.4. The van der Waals surface area contributed by atoms with Crippen LogP contribution < -0.4 is 0 Å². The first-order chi connectivity index (χ1) is 18.5. The van der Waals surface area contributed by atoms with Crippen molar-refractivity contribution < 1.29 is 60.0 Å². The molecule has 0 aliphatic rings. The van der Waals surface area contributed by atoms with Crippen molar-refractivity contribution in [3.8, 4) is 0 Å². The summed E-state index contributed by atoms with van der Waals surface area (Å²) < 4.78 is 24.5. The molecule has 0 aliphatic carbocycles. The number of hydrogen-bond donors (Lipinski definition) is 12. The summed E-state index contributed by atoms with van der Waals surface area (Å²) in [6, 6.07) is 0. The van der Waals surface area contributed by atoms with E-state index < -0.39 is 72.0 Å². The van der Waals surface area contributed by atoms with Crippen molar-refractivity contribution >= 4 is 48.7 Å². The molecule has 12 N–H and O–H groups in total. The molecule has 0 aromatic carbocycles. The number of aliphatic carboxylic acids is 4. The van der Waals surface area contributed by atoms with Crippen LogP contribution in [0.5, 0.6) is 0 Å². The Balaban J connectivity index is -0.000000216. The summed E-state index contributed by atoms with van der Waals surface area (Å²) in [6.45, 7) is 5.92. The van der Waals surface area contributed by atoms with E-state index in [4.69, 9.17) is 47.8 Å². The third kappa shape index (κ3) is 19.8. The molecule has 0 spiro atoms. The number of carboxylic acid groups (broad SMARTS) is 4. The molecule has 0 fully saturated rings. The van der Waals surface area contributed by atoms with Gasteiger partial charge in [-0.05, 0) is 0 Å². The maximum Gasteiger partial charge on any atom is 0.333 e. The zero-order chi connectivity index (χ0) is 32.6. The minimum atomic E-state index is -1.39. The van der Waals surface area contributed by atoms with E-state index in [0.29, 0.717) is 0 Å². The molecule has 0 aromatic rings. The zero-order valence-corrected chi connectivity index (χ0v) is 20.0. The summed E-state index contributed by atoms with van der Waals surface area (Å²) in [5.41, 5.74) is 0. The Hall–Kier alpha value is -3.60. The molecule has 36 heavy (non-hydrogen) atoms. The molecule has 0 aromatic heterocycles. The van der Waals surface area contributed by atoms with Crippen LogP contribution in [0.3, 0.4) is 0 Å². The molecule has 8 unspecified atom stereocenters. The molecular formula is C20H36N4O12. The molecule has 16 nitrogen and oxygen atoms in total. The first-order valence-corrected chi connectivity index (χ1v) is 9.95. The van der Waals surface area contributed by atoms with Gasteiger partial charge in [-0.2, -0.15) is 0 Å². The summed E-state index contributed by atoms with van der Waals surface area (Å²) in [5, 5.41) is 75.9. The Morgan fingerprint density at radius 3 is 0.722 bits per heavy atom. The van der Waals surface area contributed by atoms with Crippen LogP contribution in [0.4, 0.5) is 0 Å². The van der Waals surface area contributed by atoms with E-state index in [1.165, 1.54) is 27.7 Å². The van der Waals surface area contributed by atoms with Crippen molar-refractivity contribution in [1.82, 2.24) is 0 Å². The quantitative estimate of drug-likeness (QED) is 0.133. The third-order valence-corrected chi connectivity index (χ3v) is 4.01. The number of carboxylic acids is 4. The number of aliphatic hydroxyl groups is 4. The monoisotopic (exact) mass is 532 g/mol. The average molecular weight is 533 g/mol. The fraction of sp³-hybridized carbons (Fsp3) is 0.600. The Labute approximate surface area is 212 Å². The number of aliphatic hydroxyl groups excluding tert-OH is 4. The smallest absolute Gasteiger partial charge is 0.333 e. The molecular weight excluding hydrogens is 488 g/mol. The molecule has 0 amide bonds. The molecule has 0 heterocycles. The minimum Gasteiger partial charge on any atom is -0.479 e. The van der Waals surface area contributed by atoms with E-state index in [2.05, 4.69) is 20.4 Å². The largest absolute Gasteiger partial charge is 0.479 e. The molecule has 0 saturated carbocycles. The van der Waals surface area contributed by atoms with Crippen LogP contribution in [0.2, 0.25) is 0 Å². The van der Waals surface area contributed by atoms with Gasteiger partial charge in [0.15, 0.2) is 24.4 Å². The summed E-state index contributed by atoms with van der Waals surface area (Å²) >= 11 is 0. The second-order valence-corrected chi connectivity index (χ2v) is 7.16. The lowest BCUT2D eigenvalue weighted by atomic mass is 10.1. The average Bonchev–Trinajstić information content (AvgIpc) is 3.00. The number of nitrogens with one attached hydrogen (secondary N) is 4. The number of hydrogen-bond acceptors (Lipinski definition) is 16. The maximum absolute atomic E-state index is 10.3. The predicted molar refractivity (Wildman–Crippen MR) is 126 cm³/mol. The first-order valence-electron chi connectivity index (χ1n) is 11.6. The lowest BCUT2D eigenvalue weighted by Gasteiger charge is -2.07. The normalized spacial score (nSPS) is 17.3. The fourth-order valence-electron chi connectivity index (χ4n) is 1.22. The van der Waals surface area contributed by atoms with Gasteiger partial charge < -0.3 is 62.5 Å². The Morgan fingerprint density at radius 1 is 0.500 bits per heavy atom. The SMILES string of the molecule is [3H]OC(=O)C(O)C(C)C=N.[3H]OC(=O)C(O)C(C)C=N.[3H]OC(=O)C(O)C(C)C=N.[3H]OC(=O)C(O)C(C)C=N. The van der Waals surface area contributed by atoms with Crippen molar-refractivity contribution in [2.45, 2.75) is 52.1 Å². The molecule has 0 aliphatic heterocycles. The van der Waals surface area contributed by atoms with Crippen LogP contribution in [-0.2, 0) is 19.2 Å². The van der Waals surface area contributed by atoms with Gasteiger partial charge in [0, 0.05) is 48.5 Å².